The zero-order valence-electron chi connectivity index (χ0n) is 13.6. The lowest BCUT2D eigenvalue weighted by molar-refractivity contribution is -0.123. The van der Waals surface area contributed by atoms with Gasteiger partial charge < -0.3 is 0 Å². The van der Waals surface area contributed by atoms with Crippen molar-refractivity contribution in [3.8, 4) is 0 Å². The molecule has 1 aromatic carbocycles. The van der Waals surface area contributed by atoms with E-state index in [1.165, 1.54) is 10.5 Å². The largest absolute Gasteiger partial charge is 0.300 e. The van der Waals surface area contributed by atoms with Gasteiger partial charge in [0.1, 0.15) is 10.7 Å². The molecular weight excluding hydrogens is 404 g/mol. The third-order valence-electron chi connectivity index (χ3n) is 4.94. The van der Waals surface area contributed by atoms with E-state index < -0.39 is 16.1 Å². The number of pyridine rings is 1. The molecule has 25 heavy (non-hydrogen) atoms. The minimum Gasteiger partial charge on any atom is -0.300 e. The first-order valence-corrected chi connectivity index (χ1v) is 10.4. The van der Waals surface area contributed by atoms with E-state index in [-0.39, 0.29) is 29.6 Å². The summed E-state index contributed by atoms with van der Waals surface area (Å²) in [5, 5.41) is 0. The van der Waals surface area contributed by atoms with Crippen molar-refractivity contribution in [3.63, 3.8) is 0 Å². The number of halogens is 1. The Labute approximate surface area is 155 Å². The molecule has 1 fully saturated rings. The van der Waals surface area contributed by atoms with Gasteiger partial charge in [0.2, 0.25) is 10.0 Å². The molecule has 130 valence electrons. The highest BCUT2D eigenvalue weighted by Gasteiger charge is 2.47. The van der Waals surface area contributed by atoms with Gasteiger partial charge in [-0.15, -0.1) is 0 Å². The van der Waals surface area contributed by atoms with Crippen LogP contribution in [0.5, 0.6) is 0 Å². The third kappa shape index (κ3) is 2.74. The van der Waals surface area contributed by atoms with Crippen LogP contribution in [-0.4, -0.2) is 29.5 Å². The van der Waals surface area contributed by atoms with Gasteiger partial charge in [-0.1, -0.05) is 28.1 Å². The predicted octanol–water partition coefficient (Wildman–Crippen LogP) is 3.17. The summed E-state index contributed by atoms with van der Waals surface area (Å²) in [6.07, 6.45) is 2.43. The van der Waals surface area contributed by atoms with Gasteiger partial charge in [-0.25, -0.2) is 8.42 Å². The van der Waals surface area contributed by atoms with Gasteiger partial charge in [0.15, 0.2) is 0 Å². The fraction of sp³-hybridized carbons (Fsp3) is 0.333. The Kier molecular flexibility index (Phi) is 4.05. The molecular formula is C18H17BrN2O3S. The summed E-state index contributed by atoms with van der Waals surface area (Å²) in [4.78, 5) is 16.5. The average molecular weight is 421 g/mol. The van der Waals surface area contributed by atoms with Crippen LogP contribution in [0.3, 0.4) is 0 Å². The van der Waals surface area contributed by atoms with Crippen LogP contribution >= 0.6 is 15.9 Å². The molecule has 0 saturated carbocycles. The summed E-state index contributed by atoms with van der Waals surface area (Å²) < 4.78 is 29.0. The van der Waals surface area contributed by atoms with E-state index in [1.807, 2.05) is 25.1 Å². The minimum atomic E-state index is -3.72. The maximum atomic E-state index is 13.3. The standard InChI is InChI=1S/C18H17BrN2O3S/c1-11-5-6-15(10-20-11)25(23,24)21-13-7-12-3-2-4-16(19)18(12)17(21)9-14(22)8-13/h2-6,10,13,17H,7-9H2,1H3/t13?,17-/m0/s1. The lowest BCUT2D eigenvalue weighted by atomic mass is 9.81. The first kappa shape index (κ1) is 16.9. The maximum Gasteiger partial charge on any atom is 0.245 e. The summed E-state index contributed by atoms with van der Waals surface area (Å²) in [7, 11) is -3.72. The van der Waals surface area contributed by atoms with Crippen LogP contribution in [0.25, 0.3) is 0 Å². The van der Waals surface area contributed by atoms with Crippen molar-refractivity contribution < 1.29 is 13.2 Å². The van der Waals surface area contributed by atoms with Gasteiger partial charge in [0, 0.05) is 35.2 Å². The van der Waals surface area contributed by atoms with Crippen LogP contribution in [0.4, 0.5) is 0 Å². The Balaban J connectivity index is 1.86. The zero-order chi connectivity index (χ0) is 17.8. The Morgan fingerprint density at radius 2 is 1.96 bits per heavy atom. The quantitative estimate of drug-likeness (QED) is 0.747. The van der Waals surface area contributed by atoms with Gasteiger partial charge in [-0.2, -0.15) is 4.31 Å². The van der Waals surface area contributed by atoms with Crippen molar-refractivity contribution >= 4 is 31.7 Å². The van der Waals surface area contributed by atoms with Crippen molar-refractivity contribution in [1.82, 2.24) is 9.29 Å². The first-order chi connectivity index (χ1) is 11.9. The van der Waals surface area contributed by atoms with E-state index in [1.54, 1.807) is 12.1 Å². The van der Waals surface area contributed by atoms with E-state index in [0.717, 1.165) is 21.3 Å². The smallest absolute Gasteiger partial charge is 0.245 e. The molecule has 2 aromatic rings. The molecule has 3 heterocycles. The second-order valence-electron chi connectivity index (χ2n) is 6.60. The molecule has 1 unspecified atom stereocenters. The van der Waals surface area contributed by atoms with Crippen LogP contribution < -0.4 is 0 Å². The second kappa shape index (κ2) is 6.00. The molecule has 5 nitrogen and oxygen atoms in total. The normalized spacial score (nSPS) is 23.4. The average Bonchev–Trinajstić information content (AvgIpc) is 2.54. The second-order valence-corrected chi connectivity index (χ2v) is 9.30. The van der Waals surface area contributed by atoms with Gasteiger partial charge in [-0.3, -0.25) is 9.78 Å². The number of benzene rings is 1. The number of rotatable bonds is 2. The van der Waals surface area contributed by atoms with Gasteiger partial charge >= 0.3 is 0 Å². The SMILES string of the molecule is Cc1ccc(S(=O)(=O)N2C3CC(=O)C[C@H]2c2c(Br)cccc2C3)cn1. The van der Waals surface area contributed by atoms with Crippen molar-refractivity contribution in [3.05, 3.63) is 57.8 Å². The highest BCUT2D eigenvalue weighted by atomic mass is 79.9. The number of hydrogen-bond acceptors (Lipinski definition) is 4. The molecule has 2 aliphatic heterocycles. The molecule has 1 saturated heterocycles. The van der Waals surface area contributed by atoms with Crippen LogP contribution in [0, 0.1) is 6.92 Å². The molecule has 2 bridgehead atoms. The maximum absolute atomic E-state index is 13.3. The molecule has 0 N–H and O–H groups in total. The van der Waals surface area contributed by atoms with E-state index in [4.69, 9.17) is 0 Å². The lowest BCUT2D eigenvalue weighted by Gasteiger charge is -2.45. The number of fused-ring (bicyclic) bond motifs is 4. The molecule has 4 rings (SSSR count). The number of Topliss-reactive ketones (excluding diaryl/α,β-unsaturated/α-hetero) is 1. The number of aromatic nitrogens is 1. The Morgan fingerprint density at radius 3 is 2.68 bits per heavy atom. The van der Waals surface area contributed by atoms with Crippen molar-refractivity contribution in [1.29, 1.82) is 0 Å². The highest BCUT2D eigenvalue weighted by molar-refractivity contribution is 9.10. The number of carbonyl (C=O) groups excluding carboxylic acids is 1. The number of ketones is 1. The molecule has 7 heteroatoms. The number of carbonyl (C=O) groups is 1. The van der Waals surface area contributed by atoms with Crippen molar-refractivity contribution in [2.75, 3.05) is 0 Å². The van der Waals surface area contributed by atoms with E-state index in [9.17, 15) is 13.2 Å². The first-order valence-electron chi connectivity index (χ1n) is 8.13. The molecule has 2 aliphatic rings. The van der Waals surface area contributed by atoms with Crippen LogP contribution in [0.15, 0.2) is 45.9 Å². The Morgan fingerprint density at radius 1 is 1.16 bits per heavy atom. The van der Waals surface area contributed by atoms with Crippen LogP contribution in [0.2, 0.25) is 0 Å². The van der Waals surface area contributed by atoms with Crippen molar-refractivity contribution in [2.24, 2.45) is 0 Å². The van der Waals surface area contributed by atoms with Crippen molar-refractivity contribution in [2.45, 2.75) is 43.2 Å². The fourth-order valence-corrected chi connectivity index (χ4v) is 6.26. The topological polar surface area (TPSA) is 67.3 Å². The Hall–Kier alpha value is -1.57. The van der Waals surface area contributed by atoms with Gasteiger partial charge in [-0.05, 0) is 42.7 Å². The highest BCUT2D eigenvalue weighted by Crippen LogP contribution is 2.46. The lowest BCUT2D eigenvalue weighted by Crippen LogP contribution is -2.52. The molecule has 0 radical (unpaired) electrons. The molecule has 2 atom stereocenters. The summed E-state index contributed by atoms with van der Waals surface area (Å²) in [6, 6.07) is 8.36. The van der Waals surface area contributed by atoms with Gasteiger partial charge in [0.25, 0.3) is 0 Å². The number of piperidine rings is 1. The van der Waals surface area contributed by atoms with E-state index in [2.05, 4.69) is 20.9 Å². The van der Waals surface area contributed by atoms with E-state index in [0.29, 0.717) is 6.42 Å². The number of sulfonamides is 1. The summed E-state index contributed by atoms with van der Waals surface area (Å²) in [5.74, 6) is 0.116. The monoisotopic (exact) mass is 420 g/mol. The number of aryl methyl sites for hydroxylation is 1. The summed E-state index contributed by atoms with van der Waals surface area (Å²) in [6.45, 7) is 1.82. The van der Waals surface area contributed by atoms with Crippen LogP contribution in [-0.2, 0) is 21.2 Å². The Bertz CT molecular complexity index is 957. The molecule has 0 aliphatic carbocycles. The molecule has 1 aromatic heterocycles. The zero-order valence-corrected chi connectivity index (χ0v) is 16.0. The fourth-order valence-electron chi connectivity index (χ4n) is 3.87. The number of nitrogens with zero attached hydrogens (tertiary/aromatic N) is 2. The summed E-state index contributed by atoms with van der Waals surface area (Å²) >= 11 is 3.54. The number of hydrogen-bond donors (Lipinski definition) is 0. The molecule has 0 amide bonds. The molecule has 0 spiro atoms. The minimum absolute atomic E-state index is 0.116. The van der Waals surface area contributed by atoms with E-state index >= 15 is 0 Å². The van der Waals surface area contributed by atoms with Gasteiger partial charge in [0.05, 0.1) is 6.04 Å². The predicted molar refractivity (Wildman–Crippen MR) is 96.6 cm³/mol. The van der Waals surface area contributed by atoms with Crippen LogP contribution in [0.1, 0.15) is 35.7 Å². The third-order valence-corrected chi connectivity index (χ3v) is 7.58. The summed E-state index contributed by atoms with van der Waals surface area (Å²) in [5.41, 5.74) is 2.79.